The van der Waals surface area contributed by atoms with Crippen molar-refractivity contribution in [1.29, 1.82) is 0 Å². The molecule has 1 amide bonds. The highest BCUT2D eigenvalue weighted by atomic mass is 16.5. The van der Waals surface area contributed by atoms with Gasteiger partial charge in [0, 0.05) is 24.9 Å². The average Bonchev–Trinajstić information content (AvgIpc) is 3.43. The zero-order chi connectivity index (χ0) is 19.3. The normalized spacial score (nSPS) is 16.1. The van der Waals surface area contributed by atoms with Crippen LogP contribution in [-0.4, -0.2) is 42.1 Å². The van der Waals surface area contributed by atoms with Crippen LogP contribution in [-0.2, 0) is 4.74 Å². The second kappa shape index (κ2) is 8.27. The number of aromatic nitrogens is 2. The lowest BCUT2D eigenvalue weighted by atomic mass is 10.1. The van der Waals surface area contributed by atoms with E-state index in [1.54, 1.807) is 18.0 Å². The number of carbonyl (C=O) groups excluding carboxylic acids is 1. The number of nitrogens with one attached hydrogen (secondary N) is 1. The minimum atomic E-state index is -0.168. The number of rotatable bonds is 6. The Hall–Kier alpha value is -3.12. The molecule has 4 rings (SSSR count). The highest BCUT2D eigenvalue weighted by Gasteiger charge is 2.22. The van der Waals surface area contributed by atoms with Crippen molar-refractivity contribution in [2.24, 2.45) is 0 Å². The molecule has 6 heteroatoms. The molecule has 1 aromatic heterocycles. The van der Waals surface area contributed by atoms with Gasteiger partial charge in [-0.3, -0.25) is 4.79 Å². The molecule has 2 heterocycles. The van der Waals surface area contributed by atoms with Crippen molar-refractivity contribution >= 4 is 5.91 Å². The van der Waals surface area contributed by atoms with Crippen molar-refractivity contribution in [3.63, 3.8) is 0 Å². The molecule has 2 aromatic carbocycles. The van der Waals surface area contributed by atoms with Gasteiger partial charge in [0.05, 0.1) is 24.5 Å². The number of para-hydroxylation sites is 2. The van der Waals surface area contributed by atoms with Gasteiger partial charge in [0.15, 0.2) is 0 Å². The summed E-state index contributed by atoms with van der Waals surface area (Å²) in [5.74, 6) is 0.507. The third kappa shape index (κ3) is 3.77. The summed E-state index contributed by atoms with van der Waals surface area (Å²) >= 11 is 0. The third-order valence-electron chi connectivity index (χ3n) is 4.86. The molecule has 6 nitrogen and oxygen atoms in total. The van der Waals surface area contributed by atoms with Crippen LogP contribution in [0, 0.1) is 0 Å². The lowest BCUT2D eigenvalue weighted by molar-refractivity contribution is 0.0858. The van der Waals surface area contributed by atoms with E-state index in [4.69, 9.17) is 14.6 Å². The van der Waals surface area contributed by atoms with E-state index in [1.807, 2.05) is 54.6 Å². The molecule has 1 N–H and O–H groups in total. The fourth-order valence-corrected chi connectivity index (χ4v) is 3.40. The Morgan fingerprint density at radius 1 is 1.21 bits per heavy atom. The molecule has 28 heavy (non-hydrogen) atoms. The van der Waals surface area contributed by atoms with Gasteiger partial charge in [0.1, 0.15) is 11.4 Å². The SMILES string of the molecule is COc1ccccc1-c1nn(-c2ccccc2)cc1C(=O)NC[C@@H]1CCCO1. The summed E-state index contributed by atoms with van der Waals surface area (Å²) in [6, 6.07) is 17.3. The number of ether oxygens (including phenoxy) is 2. The molecule has 0 aliphatic carbocycles. The molecule has 144 valence electrons. The van der Waals surface area contributed by atoms with Gasteiger partial charge in [-0.25, -0.2) is 4.68 Å². The van der Waals surface area contributed by atoms with E-state index in [9.17, 15) is 4.79 Å². The van der Waals surface area contributed by atoms with Crippen molar-refractivity contribution in [2.75, 3.05) is 20.3 Å². The van der Waals surface area contributed by atoms with Crippen LogP contribution < -0.4 is 10.1 Å². The van der Waals surface area contributed by atoms with Crippen LogP contribution in [0.4, 0.5) is 0 Å². The summed E-state index contributed by atoms with van der Waals surface area (Å²) in [5, 5.41) is 7.70. The van der Waals surface area contributed by atoms with Crippen molar-refractivity contribution in [3.05, 3.63) is 66.4 Å². The van der Waals surface area contributed by atoms with Gasteiger partial charge < -0.3 is 14.8 Å². The smallest absolute Gasteiger partial charge is 0.255 e. The molecule has 0 bridgehead atoms. The molecule has 1 saturated heterocycles. The lowest BCUT2D eigenvalue weighted by Crippen LogP contribution is -2.31. The van der Waals surface area contributed by atoms with Crippen LogP contribution in [0.1, 0.15) is 23.2 Å². The van der Waals surface area contributed by atoms with E-state index in [1.165, 1.54) is 0 Å². The molecule has 3 aromatic rings. The zero-order valence-corrected chi connectivity index (χ0v) is 15.8. The number of methoxy groups -OCH3 is 1. The molecule has 1 aliphatic rings. The largest absolute Gasteiger partial charge is 0.496 e. The Balaban J connectivity index is 1.70. The Morgan fingerprint density at radius 2 is 2.00 bits per heavy atom. The fourth-order valence-electron chi connectivity index (χ4n) is 3.40. The summed E-state index contributed by atoms with van der Waals surface area (Å²) in [5.41, 5.74) is 2.76. The van der Waals surface area contributed by atoms with Crippen LogP contribution in [0.25, 0.3) is 16.9 Å². The third-order valence-corrected chi connectivity index (χ3v) is 4.86. The fraction of sp³-hybridized carbons (Fsp3) is 0.273. The molecular formula is C22H23N3O3. The average molecular weight is 377 g/mol. The highest BCUT2D eigenvalue weighted by Crippen LogP contribution is 2.31. The Kier molecular flexibility index (Phi) is 5.39. The molecule has 0 unspecified atom stereocenters. The van der Waals surface area contributed by atoms with E-state index in [0.29, 0.717) is 23.6 Å². The van der Waals surface area contributed by atoms with Gasteiger partial charge in [0.25, 0.3) is 5.91 Å². The maximum atomic E-state index is 13.0. The van der Waals surface area contributed by atoms with Gasteiger partial charge >= 0.3 is 0 Å². The Bertz CT molecular complexity index is 947. The second-order valence-electron chi connectivity index (χ2n) is 6.72. The second-order valence-corrected chi connectivity index (χ2v) is 6.72. The zero-order valence-electron chi connectivity index (χ0n) is 15.8. The van der Waals surface area contributed by atoms with Crippen LogP contribution in [0.2, 0.25) is 0 Å². The lowest BCUT2D eigenvalue weighted by Gasteiger charge is -2.11. The van der Waals surface area contributed by atoms with E-state index < -0.39 is 0 Å². The minimum Gasteiger partial charge on any atom is -0.496 e. The van der Waals surface area contributed by atoms with Crippen LogP contribution in [0.3, 0.4) is 0 Å². The van der Waals surface area contributed by atoms with Gasteiger partial charge in [-0.15, -0.1) is 0 Å². The van der Waals surface area contributed by atoms with Gasteiger partial charge in [-0.2, -0.15) is 5.10 Å². The van der Waals surface area contributed by atoms with E-state index in [-0.39, 0.29) is 12.0 Å². The van der Waals surface area contributed by atoms with Crippen molar-refractivity contribution in [2.45, 2.75) is 18.9 Å². The quantitative estimate of drug-likeness (QED) is 0.715. The molecule has 1 aliphatic heterocycles. The number of carbonyl (C=O) groups is 1. The first-order valence-corrected chi connectivity index (χ1v) is 9.44. The van der Waals surface area contributed by atoms with Crippen molar-refractivity contribution < 1.29 is 14.3 Å². The predicted molar refractivity (Wildman–Crippen MR) is 107 cm³/mol. The Morgan fingerprint density at radius 3 is 2.75 bits per heavy atom. The van der Waals surface area contributed by atoms with Crippen molar-refractivity contribution in [3.8, 4) is 22.7 Å². The van der Waals surface area contributed by atoms with Gasteiger partial charge in [-0.1, -0.05) is 30.3 Å². The molecule has 0 spiro atoms. The van der Waals surface area contributed by atoms with Crippen LogP contribution in [0.5, 0.6) is 5.75 Å². The maximum Gasteiger partial charge on any atom is 0.255 e. The topological polar surface area (TPSA) is 65.4 Å². The van der Waals surface area contributed by atoms with Crippen LogP contribution >= 0.6 is 0 Å². The number of hydrogen-bond donors (Lipinski definition) is 1. The summed E-state index contributed by atoms with van der Waals surface area (Å²) in [4.78, 5) is 13.0. The van der Waals surface area contributed by atoms with E-state index in [2.05, 4.69) is 5.32 Å². The molecule has 1 fully saturated rings. The molecule has 0 saturated carbocycles. The summed E-state index contributed by atoms with van der Waals surface area (Å²) in [7, 11) is 1.62. The van der Waals surface area contributed by atoms with Gasteiger partial charge in [0.2, 0.25) is 0 Å². The summed E-state index contributed by atoms with van der Waals surface area (Å²) in [6.45, 7) is 1.26. The molecular weight excluding hydrogens is 354 g/mol. The maximum absolute atomic E-state index is 13.0. The number of benzene rings is 2. The predicted octanol–water partition coefficient (Wildman–Crippen LogP) is 3.46. The minimum absolute atomic E-state index is 0.0860. The van der Waals surface area contributed by atoms with E-state index in [0.717, 1.165) is 30.7 Å². The molecule has 0 radical (unpaired) electrons. The highest BCUT2D eigenvalue weighted by molar-refractivity contribution is 6.00. The van der Waals surface area contributed by atoms with Crippen LogP contribution in [0.15, 0.2) is 60.8 Å². The first-order valence-electron chi connectivity index (χ1n) is 9.44. The monoisotopic (exact) mass is 377 g/mol. The number of hydrogen-bond acceptors (Lipinski definition) is 4. The number of nitrogens with zero attached hydrogens (tertiary/aromatic N) is 2. The molecule has 1 atom stereocenters. The number of amides is 1. The Labute approximate surface area is 164 Å². The first kappa shape index (κ1) is 18.3. The standard InChI is InChI=1S/C22H23N3O3/c1-27-20-12-6-5-11-18(20)21-19(22(26)23-14-17-10-7-13-28-17)15-25(24-21)16-8-3-2-4-9-16/h2-6,8-9,11-12,15,17H,7,10,13-14H2,1H3,(H,23,26)/t17-/m0/s1. The van der Waals surface area contributed by atoms with Crippen molar-refractivity contribution in [1.82, 2.24) is 15.1 Å². The van der Waals surface area contributed by atoms with Gasteiger partial charge in [-0.05, 0) is 37.1 Å². The summed E-state index contributed by atoms with van der Waals surface area (Å²) in [6.07, 6.45) is 3.87. The summed E-state index contributed by atoms with van der Waals surface area (Å²) < 4.78 is 12.8. The first-order chi connectivity index (χ1) is 13.8. The van der Waals surface area contributed by atoms with E-state index >= 15 is 0 Å².